The Morgan fingerprint density at radius 3 is 2.56 bits per heavy atom. The molecule has 2 aromatic rings. The number of fused-ring (bicyclic) bond motifs is 2. The summed E-state index contributed by atoms with van der Waals surface area (Å²) in [7, 11) is -1.73. The van der Waals surface area contributed by atoms with Crippen molar-refractivity contribution >= 4 is 44.8 Å². The summed E-state index contributed by atoms with van der Waals surface area (Å²) in [5.41, 5.74) is -0.313. The van der Waals surface area contributed by atoms with Gasteiger partial charge in [0.2, 0.25) is 5.12 Å². The summed E-state index contributed by atoms with van der Waals surface area (Å²) in [6.45, 7) is 0.927. The summed E-state index contributed by atoms with van der Waals surface area (Å²) in [6, 6.07) is 6.69. The molecule has 0 saturated carbocycles. The van der Waals surface area contributed by atoms with Crippen LogP contribution in [0, 0.1) is 11.7 Å². The Morgan fingerprint density at radius 1 is 1.22 bits per heavy atom. The number of nitrogens with zero attached hydrogens (tertiary/aromatic N) is 1. The van der Waals surface area contributed by atoms with E-state index in [-0.39, 0.29) is 17.0 Å². The summed E-state index contributed by atoms with van der Waals surface area (Å²) < 4.78 is 75.4. The lowest BCUT2D eigenvalue weighted by atomic mass is 9.83. The van der Waals surface area contributed by atoms with Crippen LogP contribution >= 0.6 is 23.2 Å². The molecule has 0 aromatic heterocycles. The number of alkyl halides is 3. The van der Waals surface area contributed by atoms with Gasteiger partial charge in [-0.1, -0.05) is 40.5 Å². The molecular weight excluding hydrogens is 547 g/mol. The predicted molar refractivity (Wildman–Crippen MR) is 125 cm³/mol. The summed E-state index contributed by atoms with van der Waals surface area (Å²) >= 11 is 11.7. The monoisotopic (exact) mass is 564 g/mol. The first-order valence-electron chi connectivity index (χ1n) is 10.8. The molecule has 1 fully saturated rings. The van der Waals surface area contributed by atoms with Crippen molar-refractivity contribution in [1.29, 1.82) is 0 Å². The molecule has 2 aromatic carbocycles. The fourth-order valence-electron chi connectivity index (χ4n) is 4.80. The molecule has 1 spiro atoms. The van der Waals surface area contributed by atoms with E-state index in [1.165, 1.54) is 18.4 Å². The molecule has 0 amide bonds. The lowest BCUT2D eigenvalue weighted by molar-refractivity contribution is -0.178. The Balaban J connectivity index is 1.55. The highest BCUT2D eigenvalue weighted by Crippen LogP contribution is 2.50. The maximum absolute atomic E-state index is 14.7. The minimum atomic E-state index is -4.86. The number of carbonyl (C=O) groups is 1. The highest BCUT2D eigenvalue weighted by Gasteiger charge is 2.55. The van der Waals surface area contributed by atoms with Gasteiger partial charge < -0.3 is 14.9 Å². The summed E-state index contributed by atoms with van der Waals surface area (Å²) in [5, 5.41) is 5.77. The average molecular weight is 565 g/mol. The first kappa shape index (κ1) is 25.6. The zero-order valence-corrected chi connectivity index (χ0v) is 20.8. The molecule has 3 aliphatic rings. The molecule has 0 aliphatic carbocycles. The van der Waals surface area contributed by atoms with Gasteiger partial charge in [0.05, 0.1) is 21.9 Å². The van der Waals surface area contributed by atoms with Crippen molar-refractivity contribution in [2.24, 2.45) is 11.1 Å². The van der Waals surface area contributed by atoms with Crippen LogP contribution in [-0.2, 0) is 30.8 Å². The number of hydrogen-bond donors (Lipinski definition) is 1. The fourth-order valence-corrected chi connectivity index (χ4v) is 5.70. The van der Waals surface area contributed by atoms with Gasteiger partial charge in [-0.15, -0.1) is 0 Å². The zero-order chi connectivity index (χ0) is 26.0. The van der Waals surface area contributed by atoms with Crippen LogP contribution in [0.15, 0.2) is 35.5 Å². The van der Waals surface area contributed by atoms with E-state index in [0.717, 1.165) is 17.7 Å². The third kappa shape index (κ3) is 4.24. The SMILES string of the molecule is C[S@@](=O)C(=O)CC1OC2(CNC2)c2ccc(C3=NOC(c4cc(Cl)cc(Cl)c4F)C3C(F)(F)F)cc21. The quantitative estimate of drug-likeness (QED) is 0.420. The van der Waals surface area contributed by atoms with Crippen molar-refractivity contribution in [2.75, 3.05) is 19.3 Å². The molecule has 3 unspecified atom stereocenters. The second kappa shape index (κ2) is 9.05. The van der Waals surface area contributed by atoms with Crippen LogP contribution in [0.1, 0.15) is 40.9 Å². The summed E-state index contributed by atoms with van der Waals surface area (Å²) in [6.07, 6.45) is -6.42. The molecule has 1 N–H and O–H groups in total. The standard InChI is InChI=1S/C23H18Cl2F4N2O4S/c1-36(33)17(32)7-16-12-4-10(2-3-14(12)22(34-16)8-30-9-22)20-18(23(27,28)29)21(35-31-20)13-5-11(24)6-15(25)19(13)26/h2-6,16,18,21,30H,7-9H2,1H3/t16?,18?,21?,36-/m1/s1. The van der Waals surface area contributed by atoms with Crippen LogP contribution < -0.4 is 5.32 Å². The van der Waals surface area contributed by atoms with Crippen molar-refractivity contribution in [3.05, 3.63) is 68.4 Å². The highest BCUT2D eigenvalue weighted by atomic mass is 35.5. The summed E-state index contributed by atoms with van der Waals surface area (Å²) in [5.74, 6) is -3.39. The zero-order valence-electron chi connectivity index (χ0n) is 18.5. The van der Waals surface area contributed by atoms with Gasteiger partial charge in [0.15, 0.2) is 6.10 Å². The Morgan fingerprint density at radius 2 is 1.94 bits per heavy atom. The molecule has 3 heterocycles. The fraction of sp³-hybridized carbons (Fsp3) is 0.391. The minimum absolute atomic E-state index is 0.0516. The maximum Gasteiger partial charge on any atom is 0.401 e. The topological polar surface area (TPSA) is 77.0 Å². The van der Waals surface area contributed by atoms with Crippen LogP contribution in [0.2, 0.25) is 10.0 Å². The van der Waals surface area contributed by atoms with Gasteiger partial charge in [-0.05, 0) is 29.3 Å². The molecule has 13 heteroatoms. The maximum atomic E-state index is 14.7. The van der Waals surface area contributed by atoms with Crippen molar-refractivity contribution in [1.82, 2.24) is 5.32 Å². The third-order valence-corrected chi connectivity index (χ3v) is 7.89. The number of ether oxygens (including phenoxy) is 1. The van der Waals surface area contributed by atoms with E-state index >= 15 is 0 Å². The Labute approximate surface area is 215 Å². The van der Waals surface area contributed by atoms with E-state index in [4.69, 9.17) is 32.8 Å². The Bertz CT molecular complexity index is 1320. The van der Waals surface area contributed by atoms with Gasteiger partial charge in [-0.2, -0.15) is 13.2 Å². The molecule has 192 valence electrons. The van der Waals surface area contributed by atoms with Gasteiger partial charge in [0.1, 0.15) is 23.0 Å². The molecule has 6 nitrogen and oxygen atoms in total. The predicted octanol–water partition coefficient (Wildman–Crippen LogP) is 4.95. The minimum Gasteiger partial charge on any atom is -0.386 e. The number of oxime groups is 1. The van der Waals surface area contributed by atoms with E-state index in [0.29, 0.717) is 18.7 Å². The van der Waals surface area contributed by atoms with Gasteiger partial charge in [0.25, 0.3) is 0 Å². The van der Waals surface area contributed by atoms with Gasteiger partial charge in [-0.25, -0.2) is 4.39 Å². The van der Waals surface area contributed by atoms with Crippen LogP contribution in [0.4, 0.5) is 17.6 Å². The third-order valence-electron chi connectivity index (χ3n) is 6.59. The van der Waals surface area contributed by atoms with E-state index in [9.17, 15) is 26.6 Å². The number of halogens is 6. The van der Waals surface area contributed by atoms with Crippen molar-refractivity contribution < 1.29 is 36.1 Å². The second-order valence-corrected chi connectivity index (χ2v) is 11.1. The Kier molecular flexibility index (Phi) is 6.44. The molecule has 36 heavy (non-hydrogen) atoms. The average Bonchev–Trinajstić information content (AvgIpc) is 3.36. The smallest absolute Gasteiger partial charge is 0.386 e. The number of hydrogen-bond acceptors (Lipinski definition) is 6. The van der Waals surface area contributed by atoms with E-state index in [2.05, 4.69) is 10.5 Å². The van der Waals surface area contributed by atoms with Crippen LogP contribution in [0.5, 0.6) is 0 Å². The second-order valence-electron chi connectivity index (χ2n) is 8.85. The lowest BCUT2D eigenvalue weighted by Crippen LogP contribution is -2.56. The first-order valence-corrected chi connectivity index (χ1v) is 13.1. The molecule has 0 bridgehead atoms. The van der Waals surface area contributed by atoms with Gasteiger partial charge >= 0.3 is 6.18 Å². The van der Waals surface area contributed by atoms with E-state index in [1.54, 1.807) is 6.07 Å². The van der Waals surface area contributed by atoms with Crippen molar-refractivity contribution in [2.45, 2.75) is 30.4 Å². The first-order chi connectivity index (χ1) is 16.9. The van der Waals surface area contributed by atoms with Gasteiger partial charge in [-0.3, -0.25) is 9.00 Å². The lowest BCUT2D eigenvalue weighted by Gasteiger charge is -2.39. The number of nitrogens with one attached hydrogen (secondary N) is 1. The normalized spacial score (nSPS) is 25.2. The molecule has 3 aliphatic heterocycles. The summed E-state index contributed by atoms with van der Waals surface area (Å²) in [4.78, 5) is 17.3. The molecular formula is C23H18Cl2F4N2O4S. The number of carbonyl (C=O) groups excluding carboxylic acids is 1. The number of benzene rings is 2. The van der Waals surface area contributed by atoms with Crippen molar-refractivity contribution in [3.8, 4) is 0 Å². The van der Waals surface area contributed by atoms with Gasteiger partial charge in [0, 0.05) is 41.9 Å². The molecule has 0 radical (unpaired) electrons. The molecule has 1 saturated heterocycles. The van der Waals surface area contributed by atoms with Crippen LogP contribution in [0.25, 0.3) is 0 Å². The van der Waals surface area contributed by atoms with Crippen LogP contribution in [-0.4, -0.2) is 40.6 Å². The van der Waals surface area contributed by atoms with Crippen molar-refractivity contribution in [3.63, 3.8) is 0 Å². The van der Waals surface area contributed by atoms with E-state index in [1.807, 2.05) is 0 Å². The molecule has 5 rings (SSSR count). The van der Waals surface area contributed by atoms with Crippen LogP contribution in [0.3, 0.4) is 0 Å². The van der Waals surface area contributed by atoms with E-state index < -0.39 is 67.9 Å². The highest BCUT2D eigenvalue weighted by molar-refractivity contribution is 7.99. The Hall–Kier alpha value is -2.05. The molecule has 4 atom stereocenters. The number of rotatable bonds is 4. The largest absolute Gasteiger partial charge is 0.401 e.